The molecule has 0 aliphatic rings. The fourth-order valence-electron chi connectivity index (χ4n) is 6.56. The Bertz CT molecular complexity index is 3230. The van der Waals surface area contributed by atoms with Crippen molar-refractivity contribution in [3.05, 3.63) is 158 Å². The van der Waals surface area contributed by atoms with Gasteiger partial charge in [0.2, 0.25) is 5.95 Å². The van der Waals surface area contributed by atoms with Gasteiger partial charge in [-0.3, -0.25) is 4.57 Å². The van der Waals surface area contributed by atoms with Crippen molar-refractivity contribution in [3.8, 4) is 39.9 Å². The molecule has 10 aromatic rings. The van der Waals surface area contributed by atoms with Gasteiger partial charge in [0, 0.05) is 32.7 Å². The van der Waals surface area contributed by atoms with Gasteiger partial charge in [0.15, 0.2) is 11.6 Å². The van der Waals surface area contributed by atoms with Crippen LogP contribution in [0.4, 0.5) is 0 Å². The average molecular weight is 623 g/mol. The third kappa shape index (κ3) is 4.08. The Morgan fingerprint density at radius 1 is 0.458 bits per heavy atom. The summed E-state index contributed by atoms with van der Waals surface area (Å²) in [5.41, 5.74) is 4.40. The van der Waals surface area contributed by atoms with E-state index in [0.717, 1.165) is 38.3 Å². The molecule has 3 aromatic heterocycles. The monoisotopic (exact) mass is 622 g/mol. The van der Waals surface area contributed by atoms with Gasteiger partial charge >= 0.3 is 0 Å². The zero-order valence-corrected chi connectivity index (χ0v) is 25.1. The van der Waals surface area contributed by atoms with Crippen LogP contribution in [-0.4, -0.2) is 19.5 Å². The van der Waals surface area contributed by atoms with E-state index in [2.05, 4.69) is 0 Å². The standard InChI is InChI=1S/C43H26N4O/c1-2-12-27(13-3-1)29-24-25-36(31-15-5-4-14-30(29)31)42-44-41(28-22-23-35-34-18-8-11-21-39(34)48-40(35)26-28)45-43(46-42)47-37-19-9-6-16-32(37)33-17-7-10-20-38(33)47/h1-26H/i6D,7D,9D,10D,16D,17D,19D,20D. The number of benzene rings is 7. The molecule has 0 amide bonds. The summed E-state index contributed by atoms with van der Waals surface area (Å²) in [6.45, 7) is 0. The van der Waals surface area contributed by atoms with Crippen LogP contribution in [0.1, 0.15) is 11.0 Å². The molecule has 0 unspecified atom stereocenters. The number of furan rings is 1. The third-order valence-electron chi connectivity index (χ3n) is 8.74. The lowest BCUT2D eigenvalue weighted by Crippen LogP contribution is -2.06. The second-order valence-corrected chi connectivity index (χ2v) is 11.4. The number of para-hydroxylation sites is 3. The summed E-state index contributed by atoms with van der Waals surface area (Å²) in [6.07, 6.45) is 0. The maximum absolute atomic E-state index is 9.08. The fraction of sp³-hybridized carbons (Fsp3) is 0. The summed E-state index contributed by atoms with van der Waals surface area (Å²) in [6, 6.07) is 31.3. The van der Waals surface area contributed by atoms with Gasteiger partial charge in [0.25, 0.3) is 0 Å². The van der Waals surface area contributed by atoms with E-state index in [1.165, 1.54) is 4.57 Å². The molecule has 0 aliphatic carbocycles. The van der Waals surface area contributed by atoms with E-state index >= 15 is 0 Å². The van der Waals surface area contributed by atoms with E-state index in [-0.39, 0.29) is 39.4 Å². The molecule has 0 radical (unpaired) electrons. The molecule has 5 nitrogen and oxygen atoms in total. The molecular weight excluding hydrogens is 589 g/mol. The minimum Gasteiger partial charge on any atom is -0.456 e. The Kier molecular flexibility index (Phi) is 4.32. The lowest BCUT2D eigenvalue weighted by Gasteiger charge is -2.14. The lowest BCUT2D eigenvalue weighted by atomic mass is 9.95. The molecule has 48 heavy (non-hydrogen) atoms. The van der Waals surface area contributed by atoms with E-state index in [9.17, 15) is 0 Å². The Labute approximate surface area is 286 Å². The molecule has 224 valence electrons. The first-order chi connectivity index (χ1) is 27.1. The summed E-state index contributed by atoms with van der Waals surface area (Å²) in [5, 5.41) is 3.50. The van der Waals surface area contributed by atoms with Gasteiger partial charge in [-0.1, -0.05) is 121 Å². The van der Waals surface area contributed by atoms with Crippen LogP contribution in [0.5, 0.6) is 0 Å². The first-order valence-corrected chi connectivity index (χ1v) is 15.4. The van der Waals surface area contributed by atoms with Crippen molar-refractivity contribution in [2.24, 2.45) is 0 Å². The summed E-state index contributed by atoms with van der Waals surface area (Å²) >= 11 is 0. The number of hydrogen-bond acceptors (Lipinski definition) is 4. The van der Waals surface area contributed by atoms with E-state index in [4.69, 9.17) is 30.3 Å². The Balaban J connectivity index is 1.33. The smallest absolute Gasteiger partial charge is 0.238 e. The predicted octanol–water partition coefficient (Wildman–Crippen LogP) is 11.0. The van der Waals surface area contributed by atoms with Crippen molar-refractivity contribution in [1.29, 1.82) is 0 Å². The first kappa shape index (κ1) is 19.8. The lowest BCUT2D eigenvalue weighted by molar-refractivity contribution is 0.669. The van der Waals surface area contributed by atoms with E-state index < -0.39 is 48.3 Å². The molecule has 0 fully saturated rings. The van der Waals surface area contributed by atoms with Gasteiger partial charge in [0.05, 0.1) is 22.0 Å². The third-order valence-corrected chi connectivity index (χ3v) is 8.74. The zero-order chi connectivity index (χ0) is 38.6. The van der Waals surface area contributed by atoms with Crippen LogP contribution in [0.25, 0.3) is 94.4 Å². The van der Waals surface area contributed by atoms with Gasteiger partial charge < -0.3 is 4.42 Å². The summed E-state index contributed by atoms with van der Waals surface area (Å²) in [7, 11) is 0. The largest absolute Gasteiger partial charge is 0.456 e. The van der Waals surface area contributed by atoms with Gasteiger partial charge in [-0.2, -0.15) is 9.97 Å². The summed E-state index contributed by atoms with van der Waals surface area (Å²) in [5.74, 6) is 0.350. The highest BCUT2D eigenvalue weighted by Crippen LogP contribution is 2.37. The van der Waals surface area contributed by atoms with Crippen molar-refractivity contribution in [1.82, 2.24) is 19.5 Å². The number of fused-ring (bicyclic) bond motifs is 7. The first-order valence-electron chi connectivity index (χ1n) is 19.4. The van der Waals surface area contributed by atoms with Crippen LogP contribution in [-0.2, 0) is 0 Å². The van der Waals surface area contributed by atoms with Gasteiger partial charge in [-0.25, -0.2) is 4.98 Å². The molecule has 7 aromatic carbocycles. The molecule has 0 bridgehead atoms. The summed E-state index contributed by atoms with van der Waals surface area (Å²) < 4.78 is 77.7. The topological polar surface area (TPSA) is 56.7 Å². The maximum Gasteiger partial charge on any atom is 0.238 e. The van der Waals surface area contributed by atoms with Crippen molar-refractivity contribution < 1.29 is 15.4 Å². The predicted molar refractivity (Wildman–Crippen MR) is 195 cm³/mol. The highest BCUT2D eigenvalue weighted by Gasteiger charge is 2.20. The van der Waals surface area contributed by atoms with Crippen LogP contribution in [0.3, 0.4) is 0 Å². The molecule has 0 N–H and O–H groups in total. The van der Waals surface area contributed by atoms with Crippen molar-refractivity contribution >= 4 is 54.5 Å². The van der Waals surface area contributed by atoms with Crippen molar-refractivity contribution in [3.63, 3.8) is 0 Å². The highest BCUT2D eigenvalue weighted by atomic mass is 16.3. The Hall–Kier alpha value is -6.59. The van der Waals surface area contributed by atoms with Crippen LogP contribution >= 0.6 is 0 Å². The Morgan fingerprint density at radius 3 is 1.83 bits per heavy atom. The summed E-state index contributed by atoms with van der Waals surface area (Å²) in [4.78, 5) is 14.9. The SMILES string of the molecule is [2H]c1c([2H])c([2H])c2c(c1[2H])c1c([2H])c([2H])c([2H])c([2H])c1n2-c1nc(-c2ccc3c(c2)oc2ccccc23)nc(-c2ccc(-c3ccccc3)c3ccccc23)n1. The van der Waals surface area contributed by atoms with E-state index in [1.54, 1.807) is 0 Å². The second-order valence-electron chi connectivity index (χ2n) is 11.4. The minimum absolute atomic E-state index is 0.0668. The number of rotatable bonds is 4. The quantitative estimate of drug-likeness (QED) is 0.196. The van der Waals surface area contributed by atoms with Crippen molar-refractivity contribution in [2.45, 2.75) is 0 Å². The fourth-order valence-corrected chi connectivity index (χ4v) is 6.56. The average Bonchev–Trinajstić information content (AvgIpc) is 3.80. The van der Waals surface area contributed by atoms with Crippen LogP contribution in [0.15, 0.2) is 162 Å². The van der Waals surface area contributed by atoms with Crippen LogP contribution in [0, 0.1) is 0 Å². The maximum atomic E-state index is 9.08. The number of hydrogen-bond donors (Lipinski definition) is 0. The van der Waals surface area contributed by atoms with Gasteiger partial charge in [-0.15, -0.1) is 0 Å². The molecular formula is C43H26N4O. The molecule has 0 aliphatic heterocycles. The minimum atomic E-state index is -0.533. The van der Waals surface area contributed by atoms with Crippen molar-refractivity contribution in [2.75, 3.05) is 0 Å². The molecule has 3 heterocycles. The van der Waals surface area contributed by atoms with Gasteiger partial charge in [0.1, 0.15) is 11.2 Å². The molecule has 0 atom stereocenters. The van der Waals surface area contributed by atoms with E-state index in [0.29, 0.717) is 16.7 Å². The Morgan fingerprint density at radius 2 is 1.06 bits per heavy atom. The normalized spacial score (nSPS) is 14.1. The molecule has 0 spiro atoms. The molecule has 10 rings (SSSR count). The molecule has 0 saturated heterocycles. The number of nitrogens with zero attached hydrogens (tertiary/aromatic N) is 4. The molecule has 0 saturated carbocycles. The van der Waals surface area contributed by atoms with Gasteiger partial charge in [-0.05, 0) is 58.2 Å². The van der Waals surface area contributed by atoms with Crippen LogP contribution < -0.4 is 0 Å². The van der Waals surface area contributed by atoms with E-state index in [1.807, 2.05) is 109 Å². The number of aromatic nitrogens is 4. The van der Waals surface area contributed by atoms with Crippen LogP contribution in [0.2, 0.25) is 0 Å². The molecule has 5 heteroatoms. The highest BCUT2D eigenvalue weighted by molar-refractivity contribution is 6.09. The zero-order valence-electron chi connectivity index (χ0n) is 33.1. The second kappa shape index (κ2) is 10.5.